The van der Waals surface area contributed by atoms with Crippen LogP contribution in [0, 0.1) is 6.92 Å². The van der Waals surface area contributed by atoms with E-state index < -0.39 is 23.8 Å². The lowest BCUT2D eigenvalue weighted by atomic mass is 9.88. The van der Waals surface area contributed by atoms with Gasteiger partial charge in [-0.05, 0) is 98.5 Å². The molecule has 328 valence electrons. The highest BCUT2D eigenvalue weighted by Crippen LogP contribution is 2.38. The van der Waals surface area contributed by atoms with E-state index in [9.17, 15) is 28.8 Å². The van der Waals surface area contributed by atoms with Crippen LogP contribution in [0.25, 0.3) is 21.9 Å². The molecule has 62 heavy (non-hydrogen) atoms. The molecule has 0 aliphatic carbocycles. The summed E-state index contributed by atoms with van der Waals surface area (Å²) in [5, 5.41) is 3.50. The highest BCUT2D eigenvalue weighted by atomic mass is 16.5. The molecule has 5 heterocycles. The average Bonchev–Trinajstić information content (AvgIpc) is 3.27. The van der Waals surface area contributed by atoms with Gasteiger partial charge in [-0.25, -0.2) is 0 Å². The minimum atomic E-state index is -1.02. The third-order valence-electron chi connectivity index (χ3n) is 12.5. The zero-order valence-corrected chi connectivity index (χ0v) is 36.1. The number of piperidine rings is 2. The number of amides is 5. The standard InChI is InChI=1S/C46H55N7O9/c1-30-22-32(9-10-33(30)45(59)53(29-54)38-11-12-41(55)48-43(38)57)52-18-14-46(15-19-52)28-51(20-21-62-46)17-7-6-8-42(56)49(2)27-37-39(60-4)23-31(24-40(37)61-5)36-26-50(3)44(58)35-25-47-16-13-34(35)36/h9-10,13,16,22-26,29,38H,6-8,11-12,14-15,17-21,27-28H2,1-5H3,(H,48,55,57). The molecule has 3 saturated heterocycles. The molecule has 3 fully saturated rings. The number of aryl methyl sites for hydroxylation is 2. The van der Waals surface area contributed by atoms with Gasteiger partial charge in [-0.15, -0.1) is 0 Å². The Bertz CT molecular complexity index is 2400. The van der Waals surface area contributed by atoms with Gasteiger partial charge in [0.1, 0.15) is 17.5 Å². The second kappa shape index (κ2) is 18.9. The Hall–Kier alpha value is -6.13. The number of nitrogens with zero attached hydrogens (tertiary/aromatic N) is 6. The van der Waals surface area contributed by atoms with Crippen molar-refractivity contribution in [3.8, 4) is 22.6 Å². The normalized spacial score (nSPS) is 17.8. The highest BCUT2D eigenvalue weighted by molar-refractivity contribution is 6.07. The number of benzene rings is 2. The van der Waals surface area contributed by atoms with Gasteiger partial charge < -0.3 is 28.6 Å². The Morgan fingerprint density at radius 2 is 1.76 bits per heavy atom. The molecular weight excluding hydrogens is 795 g/mol. The summed E-state index contributed by atoms with van der Waals surface area (Å²) >= 11 is 0. The largest absolute Gasteiger partial charge is 0.496 e. The van der Waals surface area contributed by atoms with E-state index in [1.54, 1.807) is 57.9 Å². The van der Waals surface area contributed by atoms with E-state index in [-0.39, 0.29) is 29.9 Å². The Morgan fingerprint density at radius 3 is 2.44 bits per heavy atom. The second-order valence-electron chi connectivity index (χ2n) is 16.5. The number of rotatable bonds is 14. The molecule has 1 atom stereocenters. The van der Waals surface area contributed by atoms with Gasteiger partial charge in [-0.1, -0.05) is 0 Å². The number of imide groups is 2. The summed E-state index contributed by atoms with van der Waals surface area (Å²) in [6.45, 7) is 6.85. The number of carbonyl (C=O) groups is 5. The summed E-state index contributed by atoms with van der Waals surface area (Å²) in [6.07, 6.45) is 9.28. The fourth-order valence-electron chi connectivity index (χ4n) is 8.99. The summed E-state index contributed by atoms with van der Waals surface area (Å²) in [5.74, 6) is -0.437. The zero-order chi connectivity index (χ0) is 44.1. The number of aromatic nitrogens is 2. The second-order valence-corrected chi connectivity index (χ2v) is 16.5. The van der Waals surface area contributed by atoms with E-state index in [1.165, 1.54) is 4.57 Å². The summed E-state index contributed by atoms with van der Waals surface area (Å²) in [4.78, 5) is 86.9. The lowest BCUT2D eigenvalue weighted by Gasteiger charge is -2.48. The number of hydrogen-bond acceptors (Lipinski definition) is 12. The van der Waals surface area contributed by atoms with Crippen molar-refractivity contribution in [2.45, 2.75) is 70.1 Å². The number of nitrogens with one attached hydrogen (secondary N) is 1. The van der Waals surface area contributed by atoms with Gasteiger partial charge in [0.25, 0.3) is 11.5 Å². The van der Waals surface area contributed by atoms with Gasteiger partial charge in [0.2, 0.25) is 24.1 Å². The zero-order valence-electron chi connectivity index (χ0n) is 36.1. The van der Waals surface area contributed by atoms with Crippen LogP contribution in [0.5, 0.6) is 11.5 Å². The van der Waals surface area contributed by atoms with Gasteiger partial charge in [0.05, 0.1) is 43.9 Å². The van der Waals surface area contributed by atoms with Gasteiger partial charge in [-0.3, -0.25) is 48.9 Å². The van der Waals surface area contributed by atoms with Crippen LogP contribution >= 0.6 is 0 Å². The fraction of sp³-hybridized carbons (Fsp3) is 0.457. The van der Waals surface area contributed by atoms with Crippen molar-refractivity contribution in [1.29, 1.82) is 0 Å². The van der Waals surface area contributed by atoms with E-state index in [0.717, 1.165) is 91.1 Å². The van der Waals surface area contributed by atoms with Crippen LogP contribution in [-0.4, -0.2) is 127 Å². The number of morpholine rings is 1. The van der Waals surface area contributed by atoms with Crippen molar-refractivity contribution in [2.24, 2.45) is 7.05 Å². The Balaban J connectivity index is 0.893. The van der Waals surface area contributed by atoms with Gasteiger partial charge in [0.15, 0.2) is 0 Å². The van der Waals surface area contributed by atoms with E-state index >= 15 is 0 Å². The quantitative estimate of drug-likeness (QED) is 0.111. The van der Waals surface area contributed by atoms with Crippen LogP contribution in [0.4, 0.5) is 5.69 Å². The highest BCUT2D eigenvalue weighted by Gasteiger charge is 2.40. The Labute approximate surface area is 360 Å². The van der Waals surface area contributed by atoms with Crippen molar-refractivity contribution in [3.63, 3.8) is 0 Å². The van der Waals surface area contributed by atoms with Crippen LogP contribution < -0.4 is 25.2 Å². The van der Waals surface area contributed by atoms with Crippen molar-refractivity contribution in [3.05, 3.63) is 82.0 Å². The van der Waals surface area contributed by atoms with E-state index in [2.05, 4.69) is 20.1 Å². The molecule has 0 bridgehead atoms. The maximum absolute atomic E-state index is 13.4. The first-order valence-corrected chi connectivity index (χ1v) is 21.1. The first kappa shape index (κ1) is 43.9. The molecule has 16 heteroatoms. The third-order valence-corrected chi connectivity index (χ3v) is 12.5. The number of unbranched alkanes of at least 4 members (excludes halogenated alkanes) is 1. The average molecular weight is 850 g/mol. The van der Waals surface area contributed by atoms with Gasteiger partial charge in [0, 0.05) is 88.5 Å². The number of methoxy groups -OCH3 is 2. The maximum atomic E-state index is 13.4. The molecule has 1 N–H and O–H groups in total. The third kappa shape index (κ3) is 9.21. The SMILES string of the molecule is COc1cc(-c2cn(C)c(=O)c3cnccc23)cc(OC)c1CN(C)C(=O)CCCCN1CCOC2(CCN(c3ccc(C(=O)N(C=O)C4CCC(=O)NC4=O)c(C)c3)CC2)C1. The van der Waals surface area contributed by atoms with Crippen molar-refractivity contribution < 1.29 is 38.2 Å². The number of fused-ring (bicyclic) bond motifs is 1. The minimum Gasteiger partial charge on any atom is -0.496 e. The van der Waals surface area contributed by atoms with Gasteiger partial charge >= 0.3 is 0 Å². The number of ether oxygens (including phenoxy) is 3. The van der Waals surface area contributed by atoms with Crippen molar-refractivity contribution >= 4 is 46.5 Å². The van der Waals surface area contributed by atoms with Crippen molar-refractivity contribution in [2.75, 3.05) is 65.5 Å². The molecule has 1 spiro atoms. The first-order chi connectivity index (χ1) is 29.8. The molecule has 5 amide bonds. The van der Waals surface area contributed by atoms with Crippen LogP contribution in [0.15, 0.2) is 59.8 Å². The molecule has 4 aromatic rings. The predicted octanol–water partition coefficient (Wildman–Crippen LogP) is 3.83. The molecule has 2 aromatic carbocycles. The molecule has 3 aliphatic heterocycles. The summed E-state index contributed by atoms with van der Waals surface area (Å²) in [5.41, 5.74) is 4.01. The molecule has 3 aliphatic rings. The molecule has 0 saturated carbocycles. The summed E-state index contributed by atoms with van der Waals surface area (Å²) in [6, 6.07) is 10.1. The Morgan fingerprint density at radius 1 is 1.02 bits per heavy atom. The lowest BCUT2D eigenvalue weighted by molar-refractivity contribution is -0.139. The predicted molar refractivity (Wildman–Crippen MR) is 232 cm³/mol. The molecular formula is C46H55N7O9. The number of pyridine rings is 2. The van der Waals surface area contributed by atoms with Crippen LogP contribution in [0.3, 0.4) is 0 Å². The molecule has 1 unspecified atom stereocenters. The fourth-order valence-corrected chi connectivity index (χ4v) is 8.99. The lowest BCUT2D eigenvalue weighted by Crippen LogP contribution is -2.57. The monoisotopic (exact) mass is 849 g/mol. The van der Waals surface area contributed by atoms with Gasteiger partial charge in [-0.2, -0.15) is 0 Å². The van der Waals surface area contributed by atoms with Crippen LogP contribution in [-0.2, 0) is 37.5 Å². The molecule has 2 aromatic heterocycles. The van der Waals surface area contributed by atoms with E-state index in [1.807, 2.05) is 37.3 Å². The number of carbonyl (C=O) groups excluding carboxylic acids is 5. The topological polar surface area (TPSA) is 173 Å². The smallest absolute Gasteiger partial charge is 0.261 e. The Kier molecular flexibility index (Phi) is 13.4. The number of anilines is 1. The van der Waals surface area contributed by atoms with Crippen LogP contribution in [0.1, 0.15) is 66.4 Å². The van der Waals surface area contributed by atoms with E-state index in [0.29, 0.717) is 54.0 Å². The summed E-state index contributed by atoms with van der Waals surface area (Å²) < 4.78 is 19.6. The molecule has 0 radical (unpaired) electrons. The molecule has 7 rings (SSSR count). The minimum absolute atomic E-state index is 0.0311. The maximum Gasteiger partial charge on any atom is 0.261 e. The number of hydrogen-bond donors (Lipinski definition) is 1. The molecule has 16 nitrogen and oxygen atoms in total. The summed E-state index contributed by atoms with van der Waals surface area (Å²) in [7, 11) is 6.69. The van der Waals surface area contributed by atoms with Crippen LogP contribution in [0.2, 0.25) is 0 Å². The van der Waals surface area contributed by atoms with E-state index in [4.69, 9.17) is 14.2 Å². The van der Waals surface area contributed by atoms with Crippen molar-refractivity contribution in [1.82, 2.24) is 29.6 Å². The first-order valence-electron chi connectivity index (χ1n) is 21.1.